The number of aromatic nitrogens is 2. The summed E-state index contributed by atoms with van der Waals surface area (Å²) in [5.41, 5.74) is 1.96. The fourth-order valence-electron chi connectivity index (χ4n) is 4.57. The smallest absolute Gasteiger partial charge is 0.263 e. The second kappa shape index (κ2) is 7.63. The van der Waals surface area contributed by atoms with E-state index in [1.54, 1.807) is 0 Å². The van der Waals surface area contributed by atoms with Crippen LogP contribution in [0.15, 0.2) is 41.8 Å². The highest BCUT2D eigenvalue weighted by Gasteiger charge is 2.37. The molecule has 0 aliphatic carbocycles. The third-order valence-corrected chi connectivity index (χ3v) is 6.98. The monoisotopic (exact) mass is 408 g/mol. The predicted octanol–water partition coefficient (Wildman–Crippen LogP) is 3.84. The molecule has 29 heavy (non-hydrogen) atoms. The molecule has 1 aromatic carbocycles. The van der Waals surface area contributed by atoms with Crippen molar-refractivity contribution in [2.24, 2.45) is 5.92 Å². The average Bonchev–Trinajstić information content (AvgIpc) is 3.52. The standard InChI is InChI=1S/C22H24N4O2S/c27-21(15-9-12-25(13-10-15)22(28)19-8-4-14-29-19)26-11-3-7-18(26)20-23-16-5-1-2-6-17(16)24-20/h1-2,4-6,8,14-15,18H,3,7,9-13H2,(H,23,24)/t18-/m0/s1. The highest BCUT2D eigenvalue weighted by molar-refractivity contribution is 7.12. The van der Waals surface area contributed by atoms with Gasteiger partial charge < -0.3 is 14.8 Å². The van der Waals surface area contributed by atoms with Crippen LogP contribution < -0.4 is 0 Å². The van der Waals surface area contributed by atoms with Crippen LogP contribution in [0, 0.1) is 5.92 Å². The molecule has 4 heterocycles. The largest absolute Gasteiger partial charge is 0.340 e. The van der Waals surface area contributed by atoms with Crippen LogP contribution in [-0.2, 0) is 4.79 Å². The molecule has 2 aliphatic rings. The minimum Gasteiger partial charge on any atom is -0.340 e. The molecule has 0 bridgehead atoms. The van der Waals surface area contributed by atoms with E-state index in [-0.39, 0.29) is 23.8 Å². The summed E-state index contributed by atoms with van der Waals surface area (Å²) in [4.78, 5) is 38.6. The van der Waals surface area contributed by atoms with Crippen molar-refractivity contribution in [2.75, 3.05) is 19.6 Å². The van der Waals surface area contributed by atoms with E-state index in [0.717, 1.165) is 54.0 Å². The first-order chi connectivity index (χ1) is 14.2. The van der Waals surface area contributed by atoms with Gasteiger partial charge in [0.05, 0.1) is 22.0 Å². The van der Waals surface area contributed by atoms with Gasteiger partial charge in [0.2, 0.25) is 5.91 Å². The summed E-state index contributed by atoms with van der Waals surface area (Å²) in [7, 11) is 0. The molecule has 6 nitrogen and oxygen atoms in total. The van der Waals surface area contributed by atoms with Crippen molar-refractivity contribution in [3.05, 3.63) is 52.5 Å². The van der Waals surface area contributed by atoms with E-state index in [2.05, 4.69) is 4.98 Å². The van der Waals surface area contributed by atoms with E-state index < -0.39 is 0 Å². The maximum absolute atomic E-state index is 13.3. The lowest BCUT2D eigenvalue weighted by molar-refractivity contribution is -0.138. The molecular weight excluding hydrogens is 384 g/mol. The highest BCUT2D eigenvalue weighted by atomic mass is 32.1. The van der Waals surface area contributed by atoms with Crippen molar-refractivity contribution in [1.29, 1.82) is 0 Å². The summed E-state index contributed by atoms with van der Waals surface area (Å²) in [5, 5.41) is 1.93. The van der Waals surface area contributed by atoms with Crippen molar-refractivity contribution in [1.82, 2.24) is 19.8 Å². The molecule has 1 N–H and O–H groups in total. The number of hydrogen-bond donors (Lipinski definition) is 1. The lowest BCUT2D eigenvalue weighted by atomic mass is 9.94. The Hall–Kier alpha value is -2.67. The molecule has 3 aromatic rings. The summed E-state index contributed by atoms with van der Waals surface area (Å²) < 4.78 is 0. The molecule has 150 valence electrons. The van der Waals surface area contributed by atoms with E-state index in [1.807, 2.05) is 51.6 Å². The van der Waals surface area contributed by atoms with Crippen molar-refractivity contribution in [3.63, 3.8) is 0 Å². The Bertz CT molecular complexity index is 988. The first-order valence-electron chi connectivity index (χ1n) is 10.3. The second-order valence-corrected chi connectivity index (χ2v) is 8.82. The summed E-state index contributed by atoms with van der Waals surface area (Å²) in [6.07, 6.45) is 3.42. The van der Waals surface area contributed by atoms with Crippen LogP contribution in [0.3, 0.4) is 0 Å². The number of fused-ring (bicyclic) bond motifs is 1. The number of aromatic amines is 1. The first-order valence-corrected chi connectivity index (χ1v) is 11.2. The number of para-hydroxylation sites is 2. The number of amides is 2. The number of nitrogens with zero attached hydrogens (tertiary/aromatic N) is 3. The van der Waals surface area contributed by atoms with Gasteiger partial charge in [0.15, 0.2) is 0 Å². The maximum atomic E-state index is 13.3. The molecule has 0 saturated carbocycles. The number of H-pyrrole nitrogens is 1. The molecule has 0 radical (unpaired) electrons. The van der Waals surface area contributed by atoms with E-state index in [0.29, 0.717) is 13.1 Å². The average molecular weight is 409 g/mol. The SMILES string of the molecule is O=C(c1cccs1)N1CCC(C(=O)N2CCC[C@H]2c2nc3ccccc3[nH]2)CC1. The van der Waals surface area contributed by atoms with Gasteiger partial charge in [0.1, 0.15) is 5.82 Å². The van der Waals surface area contributed by atoms with Gasteiger partial charge in [-0.15, -0.1) is 11.3 Å². The molecule has 2 aromatic heterocycles. The number of rotatable bonds is 3. The zero-order chi connectivity index (χ0) is 19.8. The maximum Gasteiger partial charge on any atom is 0.263 e. The van der Waals surface area contributed by atoms with Gasteiger partial charge in [-0.2, -0.15) is 0 Å². The second-order valence-electron chi connectivity index (χ2n) is 7.87. The molecule has 2 amide bonds. The summed E-state index contributed by atoms with van der Waals surface area (Å²) in [6, 6.07) is 11.8. The number of nitrogens with one attached hydrogen (secondary N) is 1. The number of hydrogen-bond acceptors (Lipinski definition) is 4. The first kappa shape index (κ1) is 18.4. The third kappa shape index (κ3) is 3.44. The number of benzene rings is 1. The van der Waals surface area contributed by atoms with Gasteiger partial charge in [-0.25, -0.2) is 4.98 Å². The normalized spacial score (nSPS) is 20.5. The Morgan fingerprint density at radius 3 is 2.62 bits per heavy atom. The van der Waals surface area contributed by atoms with Crippen LogP contribution in [0.25, 0.3) is 11.0 Å². The molecular formula is C22H24N4O2S. The van der Waals surface area contributed by atoms with Crippen LogP contribution in [0.2, 0.25) is 0 Å². The van der Waals surface area contributed by atoms with Gasteiger partial charge >= 0.3 is 0 Å². The summed E-state index contributed by atoms with van der Waals surface area (Å²) in [6.45, 7) is 2.08. The van der Waals surface area contributed by atoms with Crippen LogP contribution in [0.1, 0.15) is 47.2 Å². The lowest BCUT2D eigenvalue weighted by Crippen LogP contribution is -2.44. The molecule has 5 rings (SSSR count). The van der Waals surface area contributed by atoms with Crippen molar-refractivity contribution >= 4 is 34.2 Å². The Balaban J connectivity index is 1.26. The highest BCUT2D eigenvalue weighted by Crippen LogP contribution is 2.34. The lowest BCUT2D eigenvalue weighted by Gasteiger charge is -2.34. The van der Waals surface area contributed by atoms with Gasteiger partial charge in [-0.05, 0) is 49.3 Å². The van der Waals surface area contributed by atoms with Crippen molar-refractivity contribution in [3.8, 4) is 0 Å². The summed E-state index contributed by atoms with van der Waals surface area (Å²) >= 11 is 1.47. The van der Waals surface area contributed by atoms with Crippen LogP contribution in [-0.4, -0.2) is 51.2 Å². The molecule has 2 saturated heterocycles. The zero-order valence-electron chi connectivity index (χ0n) is 16.2. The molecule has 0 spiro atoms. The predicted molar refractivity (Wildman–Crippen MR) is 113 cm³/mol. The van der Waals surface area contributed by atoms with Crippen molar-refractivity contribution < 1.29 is 9.59 Å². The Morgan fingerprint density at radius 2 is 1.86 bits per heavy atom. The summed E-state index contributed by atoms with van der Waals surface area (Å²) in [5.74, 6) is 1.19. The Morgan fingerprint density at radius 1 is 1.03 bits per heavy atom. The fraction of sp³-hybridized carbons (Fsp3) is 0.409. The van der Waals surface area contributed by atoms with Crippen LogP contribution in [0.4, 0.5) is 0 Å². The van der Waals surface area contributed by atoms with Gasteiger partial charge in [0, 0.05) is 25.6 Å². The molecule has 2 aliphatic heterocycles. The molecule has 1 atom stereocenters. The number of likely N-dealkylation sites (tertiary alicyclic amines) is 2. The number of carbonyl (C=O) groups excluding carboxylic acids is 2. The van der Waals surface area contributed by atoms with E-state index in [4.69, 9.17) is 4.98 Å². The number of imidazole rings is 1. The minimum absolute atomic E-state index is 0.00707. The van der Waals surface area contributed by atoms with Crippen LogP contribution in [0.5, 0.6) is 0 Å². The fourth-order valence-corrected chi connectivity index (χ4v) is 5.26. The topological polar surface area (TPSA) is 69.3 Å². The van der Waals surface area contributed by atoms with Crippen molar-refractivity contribution in [2.45, 2.75) is 31.7 Å². The molecule has 2 fully saturated rings. The van der Waals surface area contributed by atoms with E-state index in [1.165, 1.54) is 11.3 Å². The Kier molecular flexibility index (Phi) is 4.83. The number of piperidine rings is 1. The van der Waals surface area contributed by atoms with E-state index >= 15 is 0 Å². The van der Waals surface area contributed by atoms with Gasteiger partial charge in [-0.1, -0.05) is 18.2 Å². The zero-order valence-corrected chi connectivity index (χ0v) is 17.0. The molecule has 7 heteroatoms. The quantitative estimate of drug-likeness (QED) is 0.716. The number of carbonyl (C=O) groups is 2. The van der Waals surface area contributed by atoms with Gasteiger partial charge in [-0.3, -0.25) is 9.59 Å². The van der Waals surface area contributed by atoms with E-state index in [9.17, 15) is 9.59 Å². The molecule has 0 unspecified atom stereocenters. The third-order valence-electron chi connectivity index (χ3n) is 6.12. The minimum atomic E-state index is -0.00707. The van der Waals surface area contributed by atoms with Crippen LogP contribution >= 0.6 is 11.3 Å². The number of thiophene rings is 1. The Labute approximate surface area is 173 Å². The van der Waals surface area contributed by atoms with Gasteiger partial charge in [0.25, 0.3) is 5.91 Å².